The lowest BCUT2D eigenvalue weighted by atomic mass is 9.97. The van der Waals surface area contributed by atoms with Crippen LogP contribution in [0.15, 0.2) is 0 Å². The molecule has 1 heterocycles. The Morgan fingerprint density at radius 1 is 1.40 bits per heavy atom. The van der Waals surface area contributed by atoms with Gasteiger partial charge in [0.2, 0.25) is 5.91 Å². The molecule has 1 atom stereocenters. The average molecular weight is 216 g/mol. The van der Waals surface area contributed by atoms with E-state index in [1.54, 1.807) is 0 Å². The summed E-state index contributed by atoms with van der Waals surface area (Å²) < 4.78 is 0. The maximum atomic E-state index is 11.5. The summed E-state index contributed by atoms with van der Waals surface area (Å²) in [6.07, 6.45) is -0.0000451. The minimum Gasteiger partial charge on any atom is -0.479 e. The fourth-order valence-electron chi connectivity index (χ4n) is 1.51. The summed E-state index contributed by atoms with van der Waals surface area (Å²) >= 11 is 0. The van der Waals surface area contributed by atoms with Gasteiger partial charge in [0.25, 0.3) is 0 Å². The molecule has 0 aromatic heterocycles. The number of amides is 1. The predicted octanol–water partition coefficient (Wildman–Crippen LogP) is -1.45. The van der Waals surface area contributed by atoms with Crippen LogP contribution in [0.25, 0.3) is 0 Å². The third kappa shape index (κ3) is 3.85. The summed E-state index contributed by atoms with van der Waals surface area (Å²) in [7, 11) is 0. The maximum Gasteiger partial charge on any atom is 0.334 e. The first-order valence-electron chi connectivity index (χ1n) is 5.00. The van der Waals surface area contributed by atoms with Gasteiger partial charge in [-0.05, 0) is 25.9 Å². The summed E-state index contributed by atoms with van der Waals surface area (Å²) in [6, 6.07) is 0. The average Bonchev–Trinajstić information content (AvgIpc) is 2.26. The number of hydrogen-bond donors (Lipinski definition) is 4. The number of aliphatic hydroxyl groups excluding tert-OH is 1. The molecule has 15 heavy (non-hydrogen) atoms. The molecule has 1 aliphatic rings. The summed E-state index contributed by atoms with van der Waals surface area (Å²) in [5.74, 6) is -1.55. The van der Waals surface area contributed by atoms with Gasteiger partial charge in [0.15, 0.2) is 6.10 Å². The van der Waals surface area contributed by atoms with Crippen LogP contribution in [-0.4, -0.2) is 47.8 Å². The van der Waals surface area contributed by atoms with Gasteiger partial charge in [0.1, 0.15) is 0 Å². The zero-order chi connectivity index (χ0) is 11.3. The molecule has 0 aromatic rings. The van der Waals surface area contributed by atoms with E-state index in [-0.39, 0.29) is 18.4 Å². The molecule has 0 aromatic carbocycles. The second kappa shape index (κ2) is 5.67. The highest BCUT2D eigenvalue weighted by atomic mass is 16.4. The summed E-state index contributed by atoms with van der Waals surface area (Å²) in [4.78, 5) is 21.8. The van der Waals surface area contributed by atoms with E-state index >= 15 is 0 Å². The smallest absolute Gasteiger partial charge is 0.334 e. The number of carbonyl (C=O) groups excluding carboxylic acids is 1. The van der Waals surface area contributed by atoms with Crippen LogP contribution in [0, 0.1) is 5.92 Å². The van der Waals surface area contributed by atoms with Crippen LogP contribution in [0.5, 0.6) is 0 Å². The van der Waals surface area contributed by atoms with Crippen LogP contribution >= 0.6 is 0 Å². The number of aliphatic hydroxyl groups is 1. The Labute approximate surface area is 87.7 Å². The van der Waals surface area contributed by atoms with Crippen molar-refractivity contribution in [1.82, 2.24) is 10.6 Å². The summed E-state index contributed by atoms with van der Waals surface area (Å²) in [5, 5.41) is 22.9. The van der Waals surface area contributed by atoms with Crippen molar-refractivity contribution >= 4 is 11.9 Å². The molecule has 1 amide bonds. The van der Waals surface area contributed by atoms with Crippen molar-refractivity contribution in [3.8, 4) is 0 Å². The molecule has 6 heteroatoms. The minimum atomic E-state index is -1.52. The van der Waals surface area contributed by atoms with Crippen LogP contribution in [-0.2, 0) is 9.59 Å². The summed E-state index contributed by atoms with van der Waals surface area (Å²) in [6.45, 7) is 1.39. The predicted molar refractivity (Wildman–Crippen MR) is 52.2 cm³/mol. The normalized spacial score (nSPS) is 19.5. The number of carbonyl (C=O) groups is 2. The largest absolute Gasteiger partial charge is 0.479 e. The van der Waals surface area contributed by atoms with Gasteiger partial charge in [0, 0.05) is 5.92 Å². The zero-order valence-electron chi connectivity index (χ0n) is 8.40. The molecule has 1 unspecified atom stereocenters. The highest BCUT2D eigenvalue weighted by molar-refractivity contribution is 5.80. The van der Waals surface area contributed by atoms with E-state index < -0.39 is 12.1 Å². The van der Waals surface area contributed by atoms with Crippen molar-refractivity contribution in [1.29, 1.82) is 0 Å². The number of carboxylic acids is 1. The molecule has 1 aliphatic heterocycles. The number of piperidine rings is 1. The quantitative estimate of drug-likeness (QED) is 0.461. The van der Waals surface area contributed by atoms with Crippen LogP contribution in [0.4, 0.5) is 0 Å². The lowest BCUT2D eigenvalue weighted by Gasteiger charge is -2.22. The number of nitrogens with one attached hydrogen (secondary N) is 2. The monoisotopic (exact) mass is 216 g/mol. The van der Waals surface area contributed by atoms with Gasteiger partial charge in [-0.25, -0.2) is 4.79 Å². The zero-order valence-corrected chi connectivity index (χ0v) is 8.40. The molecule has 0 radical (unpaired) electrons. The van der Waals surface area contributed by atoms with E-state index in [1.807, 2.05) is 0 Å². The van der Waals surface area contributed by atoms with Crippen molar-refractivity contribution < 1.29 is 19.8 Å². The molecule has 0 spiro atoms. The van der Waals surface area contributed by atoms with Gasteiger partial charge in [-0.2, -0.15) is 0 Å². The SMILES string of the molecule is O=C(O)C(O)CNC(=O)C1CCNCC1. The van der Waals surface area contributed by atoms with Gasteiger partial charge in [-0.15, -0.1) is 0 Å². The van der Waals surface area contributed by atoms with Crippen molar-refractivity contribution in [3.05, 3.63) is 0 Å². The van der Waals surface area contributed by atoms with Crippen molar-refractivity contribution in [3.63, 3.8) is 0 Å². The van der Waals surface area contributed by atoms with E-state index in [9.17, 15) is 9.59 Å². The number of carboxylic acid groups (broad SMARTS) is 1. The van der Waals surface area contributed by atoms with E-state index in [0.29, 0.717) is 0 Å². The lowest BCUT2D eigenvalue weighted by molar-refractivity contribution is -0.146. The van der Waals surface area contributed by atoms with Crippen LogP contribution < -0.4 is 10.6 Å². The summed E-state index contributed by atoms with van der Waals surface area (Å²) in [5.41, 5.74) is 0. The molecule has 0 bridgehead atoms. The van der Waals surface area contributed by atoms with E-state index in [4.69, 9.17) is 10.2 Å². The Balaban J connectivity index is 2.25. The maximum absolute atomic E-state index is 11.5. The highest BCUT2D eigenvalue weighted by Gasteiger charge is 2.22. The Hall–Kier alpha value is -1.14. The molecule has 86 valence electrons. The first-order chi connectivity index (χ1) is 7.11. The van der Waals surface area contributed by atoms with Crippen LogP contribution in [0.2, 0.25) is 0 Å². The highest BCUT2D eigenvalue weighted by Crippen LogP contribution is 2.10. The third-order valence-electron chi connectivity index (χ3n) is 2.46. The molecule has 6 nitrogen and oxygen atoms in total. The van der Waals surface area contributed by atoms with Gasteiger partial charge in [-0.1, -0.05) is 0 Å². The Kier molecular flexibility index (Phi) is 4.51. The van der Waals surface area contributed by atoms with Crippen LogP contribution in [0.3, 0.4) is 0 Å². The van der Waals surface area contributed by atoms with E-state index in [1.165, 1.54) is 0 Å². The molecule has 1 rings (SSSR count). The lowest BCUT2D eigenvalue weighted by Crippen LogP contribution is -2.42. The molecular formula is C9H16N2O4. The first-order valence-corrected chi connectivity index (χ1v) is 5.00. The van der Waals surface area contributed by atoms with Gasteiger partial charge < -0.3 is 20.8 Å². The number of aliphatic carboxylic acids is 1. The van der Waals surface area contributed by atoms with Crippen molar-refractivity contribution in [2.45, 2.75) is 18.9 Å². The molecule has 0 aliphatic carbocycles. The number of hydrogen-bond acceptors (Lipinski definition) is 4. The minimum absolute atomic E-state index is 0.0627. The van der Waals surface area contributed by atoms with Gasteiger partial charge in [0.05, 0.1) is 6.54 Å². The first kappa shape index (κ1) is 11.9. The molecule has 4 N–H and O–H groups in total. The van der Waals surface area contributed by atoms with Crippen LogP contribution in [0.1, 0.15) is 12.8 Å². The van der Waals surface area contributed by atoms with Crippen molar-refractivity contribution in [2.24, 2.45) is 5.92 Å². The number of rotatable bonds is 4. The molecule has 0 saturated carbocycles. The Morgan fingerprint density at radius 3 is 2.53 bits per heavy atom. The van der Waals surface area contributed by atoms with E-state index in [0.717, 1.165) is 25.9 Å². The topological polar surface area (TPSA) is 98.7 Å². The second-order valence-corrected chi connectivity index (χ2v) is 3.62. The van der Waals surface area contributed by atoms with E-state index in [2.05, 4.69) is 10.6 Å². The third-order valence-corrected chi connectivity index (χ3v) is 2.46. The van der Waals surface area contributed by atoms with Gasteiger partial charge >= 0.3 is 5.97 Å². The molecular weight excluding hydrogens is 200 g/mol. The van der Waals surface area contributed by atoms with Gasteiger partial charge in [-0.3, -0.25) is 4.79 Å². The standard InChI is InChI=1S/C9H16N2O4/c12-7(9(14)15)5-11-8(13)6-1-3-10-4-2-6/h6-7,10,12H,1-5H2,(H,11,13)(H,14,15). The Morgan fingerprint density at radius 2 is 2.00 bits per heavy atom. The molecule has 1 fully saturated rings. The fourth-order valence-corrected chi connectivity index (χ4v) is 1.51. The molecule has 1 saturated heterocycles. The fraction of sp³-hybridized carbons (Fsp3) is 0.778. The second-order valence-electron chi connectivity index (χ2n) is 3.62. The Bertz CT molecular complexity index is 238. The van der Waals surface area contributed by atoms with Crippen molar-refractivity contribution in [2.75, 3.05) is 19.6 Å².